The van der Waals surface area contributed by atoms with E-state index in [-0.39, 0.29) is 0 Å². The van der Waals surface area contributed by atoms with Crippen molar-refractivity contribution >= 4 is 10.2 Å². The maximum Gasteiger partial charge on any atom is 0.0782 e. The highest BCUT2D eigenvalue weighted by Gasteiger charge is 2.12. The van der Waals surface area contributed by atoms with Crippen LogP contribution >= 0.6 is 0 Å². The highest BCUT2D eigenvalue weighted by atomic mass is 28.1. The molecule has 0 aromatic rings. The summed E-state index contributed by atoms with van der Waals surface area (Å²) in [5.74, 6) is 0. The van der Waals surface area contributed by atoms with Crippen LogP contribution in [0.25, 0.3) is 0 Å². The number of unbranched alkanes of at least 4 members (excludes halogenated alkanes) is 3. The van der Waals surface area contributed by atoms with Crippen molar-refractivity contribution in [3.8, 4) is 0 Å². The van der Waals surface area contributed by atoms with Gasteiger partial charge in [0.1, 0.15) is 0 Å². The Kier molecular flexibility index (Phi) is 7.67. The third-order valence-corrected chi connectivity index (χ3v) is 3.44. The lowest BCUT2D eigenvalue weighted by Gasteiger charge is -2.29. The van der Waals surface area contributed by atoms with Gasteiger partial charge in [-0.05, 0) is 19.3 Å². The summed E-state index contributed by atoms with van der Waals surface area (Å²) in [6.45, 7) is 5.04. The molecule has 0 atom stereocenters. The molecule has 13 heavy (non-hydrogen) atoms. The third kappa shape index (κ3) is 8.51. The lowest BCUT2D eigenvalue weighted by Crippen LogP contribution is -2.41. The van der Waals surface area contributed by atoms with E-state index in [2.05, 4.69) is 21.0 Å². The summed E-state index contributed by atoms with van der Waals surface area (Å²) in [7, 11) is 6.13. The summed E-state index contributed by atoms with van der Waals surface area (Å²) in [5, 5.41) is 0. The summed E-state index contributed by atoms with van der Waals surface area (Å²) in [6.07, 6.45) is 7.06. The van der Waals surface area contributed by atoms with Gasteiger partial charge in [0.25, 0.3) is 0 Å². The van der Waals surface area contributed by atoms with E-state index < -0.39 is 0 Å². The molecule has 0 aliphatic rings. The molecule has 0 aromatic heterocycles. The molecule has 0 spiro atoms. The minimum Gasteiger partial charge on any atom is -0.328 e. The first-order valence-electron chi connectivity index (χ1n) is 5.94. The van der Waals surface area contributed by atoms with Gasteiger partial charge in [-0.25, -0.2) is 0 Å². The van der Waals surface area contributed by atoms with Crippen LogP contribution in [0.5, 0.6) is 0 Å². The first kappa shape index (κ1) is 13.2. The number of hydrogen-bond acceptors (Lipinski definition) is 0. The van der Waals surface area contributed by atoms with Gasteiger partial charge >= 0.3 is 0 Å². The second-order valence-corrected chi connectivity index (χ2v) is 5.80. The van der Waals surface area contributed by atoms with Gasteiger partial charge in [0.05, 0.1) is 27.2 Å². The Morgan fingerprint density at radius 3 is 2.08 bits per heavy atom. The van der Waals surface area contributed by atoms with E-state index in [1.54, 1.807) is 0 Å². The number of hydrogen-bond donors (Lipinski definition) is 0. The highest BCUT2D eigenvalue weighted by molar-refractivity contribution is 6.08. The first-order valence-corrected chi connectivity index (χ1v) is 7.36. The van der Waals surface area contributed by atoms with Gasteiger partial charge in [-0.15, -0.1) is 0 Å². The van der Waals surface area contributed by atoms with Crippen molar-refractivity contribution < 1.29 is 4.48 Å². The summed E-state index contributed by atoms with van der Waals surface area (Å²) in [4.78, 5) is 0. The zero-order valence-electron chi connectivity index (χ0n) is 10.1. The number of nitrogens with zero attached hydrogens (tertiary/aromatic N) is 1. The summed E-state index contributed by atoms with van der Waals surface area (Å²) < 4.78 is 1.24. The van der Waals surface area contributed by atoms with Crippen LogP contribution in [0.1, 0.15) is 39.0 Å². The van der Waals surface area contributed by atoms with Gasteiger partial charge < -0.3 is 4.48 Å². The maximum atomic E-state index is 2.38. The van der Waals surface area contributed by atoms with E-state index in [1.807, 2.05) is 0 Å². The Balaban J connectivity index is 3.39. The second-order valence-electron chi connectivity index (χ2n) is 4.80. The quantitative estimate of drug-likeness (QED) is 0.320. The molecule has 0 heterocycles. The molecule has 0 unspecified atom stereocenters. The van der Waals surface area contributed by atoms with E-state index in [1.165, 1.54) is 66.0 Å². The standard InChI is InChI=1S/C11H28NSi/c1-4-5-6-7-9-12(2,3)10-8-11-13/h4-11H2,1-3,13H3/q+1. The average molecular weight is 202 g/mol. The van der Waals surface area contributed by atoms with Gasteiger partial charge in [-0.2, -0.15) is 0 Å². The van der Waals surface area contributed by atoms with Crippen LogP contribution in [-0.4, -0.2) is 41.9 Å². The largest absolute Gasteiger partial charge is 0.328 e. The molecule has 0 aromatic carbocycles. The van der Waals surface area contributed by atoms with Crippen LogP contribution in [0, 0.1) is 0 Å². The van der Waals surface area contributed by atoms with Crippen molar-refractivity contribution in [2.75, 3.05) is 27.2 Å². The second kappa shape index (κ2) is 7.57. The Morgan fingerprint density at radius 2 is 1.54 bits per heavy atom. The molecule has 1 nitrogen and oxygen atoms in total. The van der Waals surface area contributed by atoms with Crippen LogP contribution in [0.3, 0.4) is 0 Å². The van der Waals surface area contributed by atoms with Crippen LogP contribution in [-0.2, 0) is 0 Å². The maximum absolute atomic E-state index is 2.38. The first-order chi connectivity index (χ1) is 6.12. The molecule has 80 valence electrons. The molecular weight excluding hydrogens is 174 g/mol. The highest BCUT2D eigenvalue weighted by Crippen LogP contribution is 2.06. The minimum atomic E-state index is 1.24. The van der Waals surface area contributed by atoms with Crippen LogP contribution in [0.15, 0.2) is 0 Å². The Labute approximate surface area is 87.5 Å². The molecule has 0 rings (SSSR count). The SMILES string of the molecule is CCCCCC[N+](C)(C)CCC[SiH3]. The lowest BCUT2D eigenvalue weighted by atomic mass is 10.2. The van der Waals surface area contributed by atoms with Gasteiger partial charge in [-0.3, -0.25) is 0 Å². The van der Waals surface area contributed by atoms with E-state index in [9.17, 15) is 0 Å². The fourth-order valence-electron chi connectivity index (χ4n) is 1.66. The molecule has 0 fully saturated rings. The predicted molar refractivity (Wildman–Crippen MR) is 65.3 cm³/mol. The van der Waals surface area contributed by atoms with Gasteiger partial charge in [-0.1, -0.05) is 25.8 Å². The van der Waals surface area contributed by atoms with E-state index >= 15 is 0 Å². The van der Waals surface area contributed by atoms with E-state index in [4.69, 9.17) is 0 Å². The predicted octanol–water partition coefficient (Wildman–Crippen LogP) is 1.82. The van der Waals surface area contributed by atoms with Crippen molar-refractivity contribution in [1.29, 1.82) is 0 Å². The molecule has 0 amide bonds. The van der Waals surface area contributed by atoms with Crippen molar-refractivity contribution in [3.63, 3.8) is 0 Å². The molecule has 0 saturated heterocycles. The van der Waals surface area contributed by atoms with E-state index in [0.29, 0.717) is 0 Å². The zero-order valence-corrected chi connectivity index (χ0v) is 12.1. The van der Waals surface area contributed by atoms with Crippen molar-refractivity contribution in [1.82, 2.24) is 0 Å². The normalized spacial score (nSPS) is 12.2. The molecular formula is C11H28NSi+. The molecule has 0 saturated carbocycles. The summed E-state index contributed by atoms with van der Waals surface area (Å²) in [6, 6.07) is 1.47. The van der Waals surface area contributed by atoms with Crippen molar-refractivity contribution in [3.05, 3.63) is 0 Å². The average Bonchev–Trinajstić information content (AvgIpc) is 2.09. The monoisotopic (exact) mass is 202 g/mol. The Hall–Kier alpha value is 0.177. The van der Waals surface area contributed by atoms with Gasteiger partial charge in [0.2, 0.25) is 0 Å². The summed E-state index contributed by atoms with van der Waals surface area (Å²) in [5.41, 5.74) is 0. The van der Waals surface area contributed by atoms with E-state index in [0.717, 1.165) is 0 Å². The third-order valence-electron chi connectivity index (χ3n) is 2.73. The van der Waals surface area contributed by atoms with Crippen LogP contribution in [0.2, 0.25) is 6.04 Å². The van der Waals surface area contributed by atoms with Crippen molar-refractivity contribution in [2.45, 2.75) is 45.1 Å². The molecule has 0 aliphatic heterocycles. The topological polar surface area (TPSA) is 0 Å². The zero-order chi connectivity index (χ0) is 10.2. The smallest absolute Gasteiger partial charge is 0.0782 e. The van der Waals surface area contributed by atoms with Gasteiger partial charge in [0.15, 0.2) is 0 Å². The Morgan fingerprint density at radius 1 is 0.923 bits per heavy atom. The number of quaternary nitrogens is 1. The van der Waals surface area contributed by atoms with Gasteiger partial charge in [0, 0.05) is 10.2 Å². The van der Waals surface area contributed by atoms with Crippen molar-refractivity contribution in [2.24, 2.45) is 0 Å². The Bertz CT molecular complexity index is 113. The van der Waals surface area contributed by atoms with Crippen LogP contribution in [0.4, 0.5) is 0 Å². The molecule has 0 aliphatic carbocycles. The fraction of sp³-hybridized carbons (Fsp3) is 1.00. The minimum absolute atomic E-state index is 1.24. The number of rotatable bonds is 8. The summed E-state index contributed by atoms with van der Waals surface area (Å²) >= 11 is 0. The fourth-order valence-corrected chi connectivity index (χ4v) is 1.98. The molecule has 0 N–H and O–H groups in total. The molecule has 0 radical (unpaired) electrons. The molecule has 0 bridgehead atoms. The molecule has 2 heteroatoms. The lowest BCUT2D eigenvalue weighted by molar-refractivity contribution is -0.890. The van der Waals surface area contributed by atoms with Crippen LogP contribution < -0.4 is 0 Å².